The van der Waals surface area contributed by atoms with Gasteiger partial charge < -0.3 is 15.4 Å². The van der Waals surface area contributed by atoms with E-state index in [2.05, 4.69) is 26.2 Å². The molecule has 3 rings (SSSR count). The van der Waals surface area contributed by atoms with Gasteiger partial charge in [-0.05, 0) is 36.4 Å². The van der Waals surface area contributed by atoms with E-state index in [0.29, 0.717) is 16.6 Å². The third kappa shape index (κ3) is 3.27. The monoisotopic (exact) mass is 372 g/mol. The molecule has 0 saturated carbocycles. The smallest absolute Gasteiger partial charge is 0.255 e. The summed E-state index contributed by atoms with van der Waals surface area (Å²) in [4.78, 5) is 26.9. The quantitative estimate of drug-likeness (QED) is 0.660. The molecule has 0 spiro atoms. The summed E-state index contributed by atoms with van der Waals surface area (Å²) in [5.74, 6) is -0.529. The molecule has 0 saturated heterocycles. The molecule has 0 bridgehead atoms. The maximum atomic E-state index is 12.1. The van der Waals surface area contributed by atoms with Gasteiger partial charge in [-0.15, -0.1) is 0 Å². The first-order valence-electron chi connectivity index (χ1n) is 6.93. The zero-order valence-electron chi connectivity index (χ0n) is 12.0. The molecule has 3 aromatic rings. The summed E-state index contributed by atoms with van der Waals surface area (Å²) in [6, 6.07) is 14.0. The number of fused-ring (bicyclic) bond motifs is 1. The molecule has 3 N–H and O–H groups in total. The number of benzene rings is 2. The summed E-state index contributed by atoms with van der Waals surface area (Å²) in [5.41, 5.74) is 0.743. The van der Waals surface area contributed by atoms with Crippen molar-refractivity contribution < 1.29 is 9.90 Å². The van der Waals surface area contributed by atoms with E-state index < -0.39 is 5.56 Å². The Bertz CT molecular complexity index is 933. The fraction of sp³-hybridized carbons (Fsp3) is 0.0588. The van der Waals surface area contributed by atoms with Crippen molar-refractivity contribution in [3.05, 3.63) is 68.9 Å². The van der Waals surface area contributed by atoms with Gasteiger partial charge in [-0.1, -0.05) is 28.1 Å². The largest absolute Gasteiger partial charge is 0.507 e. The second-order valence-corrected chi connectivity index (χ2v) is 5.97. The Morgan fingerprint density at radius 1 is 1.13 bits per heavy atom. The molecular formula is C17H13BrN2O3. The summed E-state index contributed by atoms with van der Waals surface area (Å²) in [5, 5.41) is 13.5. The Morgan fingerprint density at radius 2 is 1.83 bits per heavy atom. The van der Waals surface area contributed by atoms with Crippen LogP contribution in [0.25, 0.3) is 10.9 Å². The summed E-state index contributed by atoms with van der Waals surface area (Å²) in [6.07, 6.45) is -0.206. The van der Waals surface area contributed by atoms with Gasteiger partial charge >= 0.3 is 0 Å². The standard InChI is InChI=1S/C17H13BrN2O3/c18-10-5-7-11(8-6-10)19-15(21)9-13-16(22)12-3-1-2-4-14(12)20-17(13)23/h1-8H,9H2,(H,19,21)(H2,20,22,23). The average Bonchev–Trinajstić information content (AvgIpc) is 2.54. The predicted molar refractivity (Wildman–Crippen MR) is 92.7 cm³/mol. The third-order valence-corrected chi connectivity index (χ3v) is 3.98. The van der Waals surface area contributed by atoms with Gasteiger partial charge in [-0.2, -0.15) is 0 Å². The number of rotatable bonds is 3. The highest BCUT2D eigenvalue weighted by Crippen LogP contribution is 2.25. The number of aromatic nitrogens is 1. The lowest BCUT2D eigenvalue weighted by Crippen LogP contribution is -2.21. The van der Waals surface area contributed by atoms with Crippen molar-refractivity contribution in [2.24, 2.45) is 0 Å². The molecule has 1 aromatic heterocycles. The van der Waals surface area contributed by atoms with Gasteiger partial charge in [-0.3, -0.25) is 9.59 Å². The summed E-state index contributed by atoms with van der Waals surface area (Å²) in [6.45, 7) is 0. The van der Waals surface area contributed by atoms with Crippen molar-refractivity contribution >= 4 is 38.4 Å². The van der Waals surface area contributed by atoms with Gasteiger partial charge in [0.15, 0.2) is 0 Å². The van der Waals surface area contributed by atoms with Crippen LogP contribution in [-0.4, -0.2) is 16.0 Å². The molecule has 0 atom stereocenters. The number of hydrogen-bond donors (Lipinski definition) is 3. The van der Waals surface area contributed by atoms with Crippen molar-refractivity contribution in [1.29, 1.82) is 0 Å². The number of hydrogen-bond acceptors (Lipinski definition) is 3. The Hall–Kier alpha value is -2.60. The van der Waals surface area contributed by atoms with E-state index in [9.17, 15) is 14.7 Å². The van der Waals surface area contributed by atoms with Crippen molar-refractivity contribution in [3.8, 4) is 5.75 Å². The Balaban J connectivity index is 1.87. The molecule has 0 fully saturated rings. The number of aromatic hydroxyl groups is 1. The van der Waals surface area contributed by atoms with Crippen molar-refractivity contribution in [1.82, 2.24) is 4.98 Å². The van der Waals surface area contributed by atoms with Crippen molar-refractivity contribution in [3.63, 3.8) is 0 Å². The average molecular weight is 373 g/mol. The number of anilines is 1. The first-order chi connectivity index (χ1) is 11.0. The van der Waals surface area contributed by atoms with Crippen LogP contribution in [0.5, 0.6) is 5.75 Å². The normalized spacial score (nSPS) is 10.7. The van der Waals surface area contributed by atoms with Gasteiger partial charge in [0.25, 0.3) is 5.56 Å². The summed E-state index contributed by atoms with van der Waals surface area (Å²) in [7, 11) is 0. The highest BCUT2D eigenvalue weighted by Gasteiger charge is 2.15. The molecule has 0 radical (unpaired) electrons. The molecular weight excluding hydrogens is 360 g/mol. The summed E-state index contributed by atoms with van der Waals surface area (Å²) < 4.78 is 0.902. The molecule has 0 unspecified atom stereocenters. The van der Waals surface area contributed by atoms with Gasteiger partial charge in [0, 0.05) is 15.5 Å². The van der Waals surface area contributed by atoms with E-state index in [1.807, 2.05) is 0 Å². The predicted octanol–water partition coefficient (Wildman–Crippen LogP) is 3.18. The molecule has 1 amide bonds. The lowest BCUT2D eigenvalue weighted by molar-refractivity contribution is -0.115. The number of carbonyl (C=O) groups is 1. The molecule has 2 aromatic carbocycles. The second-order valence-electron chi connectivity index (χ2n) is 5.06. The minimum atomic E-state index is -0.466. The van der Waals surface area contributed by atoms with Crippen LogP contribution < -0.4 is 10.9 Å². The molecule has 1 heterocycles. The maximum absolute atomic E-state index is 12.1. The summed E-state index contributed by atoms with van der Waals surface area (Å²) >= 11 is 3.32. The van der Waals surface area contributed by atoms with E-state index in [-0.39, 0.29) is 23.6 Å². The molecule has 6 heteroatoms. The zero-order chi connectivity index (χ0) is 16.4. The number of para-hydroxylation sites is 1. The molecule has 0 aliphatic rings. The molecule has 0 aliphatic carbocycles. The molecule has 116 valence electrons. The van der Waals surface area contributed by atoms with Crippen molar-refractivity contribution in [2.75, 3.05) is 5.32 Å². The van der Waals surface area contributed by atoms with Crippen LogP contribution in [-0.2, 0) is 11.2 Å². The van der Waals surface area contributed by atoms with Crippen LogP contribution in [0.1, 0.15) is 5.56 Å². The van der Waals surface area contributed by atoms with Crippen LogP contribution in [0, 0.1) is 0 Å². The third-order valence-electron chi connectivity index (χ3n) is 3.46. The first kappa shape index (κ1) is 15.3. The highest BCUT2D eigenvalue weighted by molar-refractivity contribution is 9.10. The molecule has 23 heavy (non-hydrogen) atoms. The van der Waals surface area contributed by atoms with Gasteiger partial charge in [0.05, 0.1) is 17.5 Å². The number of pyridine rings is 1. The number of aromatic amines is 1. The van der Waals surface area contributed by atoms with E-state index in [1.54, 1.807) is 48.5 Å². The lowest BCUT2D eigenvalue weighted by Gasteiger charge is -2.08. The van der Waals surface area contributed by atoms with Crippen LogP contribution in [0.4, 0.5) is 5.69 Å². The Morgan fingerprint density at radius 3 is 2.57 bits per heavy atom. The second kappa shape index (κ2) is 6.26. The zero-order valence-corrected chi connectivity index (χ0v) is 13.6. The SMILES string of the molecule is O=C(Cc1c(O)c2ccccc2[nH]c1=O)Nc1ccc(Br)cc1. The van der Waals surface area contributed by atoms with E-state index in [4.69, 9.17) is 0 Å². The van der Waals surface area contributed by atoms with Crippen molar-refractivity contribution in [2.45, 2.75) is 6.42 Å². The number of halogens is 1. The highest BCUT2D eigenvalue weighted by atomic mass is 79.9. The van der Waals surface area contributed by atoms with Crippen LogP contribution >= 0.6 is 15.9 Å². The molecule has 5 nitrogen and oxygen atoms in total. The lowest BCUT2D eigenvalue weighted by atomic mass is 10.1. The van der Waals surface area contributed by atoms with E-state index in [0.717, 1.165) is 4.47 Å². The fourth-order valence-electron chi connectivity index (χ4n) is 2.33. The van der Waals surface area contributed by atoms with Crippen LogP contribution in [0.2, 0.25) is 0 Å². The number of amides is 1. The number of nitrogens with one attached hydrogen (secondary N) is 2. The minimum absolute atomic E-state index is 0.0540. The number of carbonyl (C=O) groups excluding carboxylic acids is 1. The van der Waals surface area contributed by atoms with E-state index in [1.165, 1.54) is 0 Å². The topological polar surface area (TPSA) is 82.2 Å². The fourth-order valence-corrected chi connectivity index (χ4v) is 2.59. The van der Waals surface area contributed by atoms with Gasteiger partial charge in [-0.25, -0.2) is 0 Å². The van der Waals surface area contributed by atoms with Gasteiger partial charge in [0.2, 0.25) is 5.91 Å². The van der Waals surface area contributed by atoms with E-state index >= 15 is 0 Å². The van der Waals surface area contributed by atoms with Gasteiger partial charge in [0.1, 0.15) is 5.75 Å². The molecule has 0 aliphatic heterocycles. The Kier molecular flexibility index (Phi) is 4.16. The Labute approximate surface area is 140 Å². The number of H-pyrrole nitrogens is 1. The van der Waals surface area contributed by atoms with Crippen LogP contribution in [0.15, 0.2) is 57.8 Å². The first-order valence-corrected chi connectivity index (χ1v) is 7.72. The van der Waals surface area contributed by atoms with Crippen LogP contribution in [0.3, 0.4) is 0 Å². The minimum Gasteiger partial charge on any atom is -0.507 e. The maximum Gasteiger partial charge on any atom is 0.255 e.